The van der Waals surface area contributed by atoms with E-state index in [4.69, 9.17) is 9.47 Å². The monoisotopic (exact) mass is 454 g/mol. The Kier molecular flexibility index (Phi) is 6.57. The van der Waals surface area contributed by atoms with E-state index in [0.717, 1.165) is 24.2 Å². The third-order valence-corrected chi connectivity index (χ3v) is 6.35. The third kappa shape index (κ3) is 4.67. The Balaban J connectivity index is 1.22. The van der Waals surface area contributed by atoms with Crippen LogP contribution in [0.5, 0.6) is 0 Å². The molecule has 1 N–H and O–H groups in total. The molecule has 2 aliphatic carbocycles. The number of hydrogen-bond donors (Lipinski definition) is 1. The van der Waals surface area contributed by atoms with Crippen molar-refractivity contribution in [3.05, 3.63) is 42.0 Å². The fourth-order valence-corrected chi connectivity index (χ4v) is 4.72. The standard InChI is InChI=1S/C24H26N2O7/c1-2-3-10-32-24(31)14-6-8-17(9-7-14)25-18(27)13-33-19(28)12-26-22(29)20-15-4-5-16(11-15)21(20)23(26)30/h4-9,15-16,20-21H,2-3,10-13H2,1H3,(H,25,27)/t15-,16-,20-,21+/m0/s1. The molecule has 3 amide bonds. The Morgan fingerprint density at radius 3 is 2.24 bits per heavy atom. The van der Waals surface area contributed by atoms with E-state index in [1.54, 1.807) is 12.1 Å². The number of carbonyl (C=O) groups is 5. The normalized spacial score (nSPS) is 24.7. The number of allylic oxidation sites excluding steroid dienone is 2. The Morgan fingerprint density at radius 1 is 1.00 bits per heavy atom. The smallest absolute Gasteiger partial charge is 0.338 e. The number of nitrogens with zero attached hydrogens (tertiary/aromatic N) is 1. The van der Waals surface area contributed by atoms with Gasteiger partial charge in [0.05, 0.1) is 24.0 Å². The zero-order chi connectivity index (χ0) is 23.5. The van der Waals surface area contributed by atoms with Crippen LogP contribution >= 0.6 is 0 Å². The average Bonchev–Trinajstić information content (AvgIpc) is 3.48. The topological polar surface area (TPSA) is 119 Å². The molecule has 2 fully saturated rings. The summed E-state index contributed by atoms with van der Waals surface area (Å²) in [6, 6.07) is 6.14. The van der Waals surface area contributed by atoms with Crippen LogP contribution in [0.2, 0.25) is 0 Å². The van der Waals surface area contributed by atoms with Gasteiger partial charge in [-0.3, -0.25) is 24.1 Å². The quantitative estimate of drug-likeness (QED) is 0.262. The van der Waals surface area contributed by atoms with E-state index < -0.39 is 31.0 Å². The van der Waals surface area contributed by atoms with Crippen molar-refractivity contribution in [3.8, 4) is 0 Å². The second-order valence-corrected chi connectivity index (χ2v) is 8.54. The number of rotatable bonds is 9. The molecule has 1 saturated heterocycles. The molecule has 1 heterocycles. The average molecular weight is 454 g/mol. The second-order valence-electron chi connectivity index (χ2n) is 8.54. The van der Waals surface area contributed by atoms with Crippen molar-refractivity contribution in [3.63, 3.8) is 0 Å². The predicted molar refractivity (Wildman–Crippen MR) is 116 cm³/mol. The van der Waals surface area contributed by atoms with Gasteiger partial charge in [0, 0.05) is 5.69 Å². The van der Waals surface area contributed by atoms with Gasteiger partial charge >= 0.3 is 11.9 Å². The molecule has 174 valence electrons. The van der Waals surface area contributed by atoms with Crippen LogP contribution in [0.4, 0.5) is 5.69 Å². The highest BCUT2D eigenvalue weighted by Gasteiger charge is 2.59. The molecule has 0 aromatic heterocycles. The molecule has 1 aliphatic heterocycles. The van der Waals surface area contributed by atoms with Crippen LogP contribution in [0.3, 0.4) is 0 Å². The van der Waals surface area contributed by atoms with E-state index in [9.17, 15) is 24.0 Å². The van der Waals surface area contributed by atoms with Crippen molar-refractivity contribution in [2.45, 2.75) is 26.2 Å². The molecule has 0 radical (unpaired) electrons. The van der Waals surface area contributed by atoms with Gasteiger partial charge < -0.3 is 14.8 Å². The maximum atomic E-state index is 12.6. The summed E-state index contributed by atoms with van der Waals surface area (Å²) in [7, 11) is 0. The Morgan fingerprint density at radius 2 is 1.64 bits per heavy atom. The molecule has 0 unspecified atom stereocenters. The fourth-order valence-electron chi connectivity index (χ4n) is 4.72. The lowest BCUT2D eigenvalue weighted by Gasteiger charge is -2.16. The SMILES string of the molecule is CCCCOC(=O)c1ccc(NC(=O)COC(=O)CN2C(=O)[C@@H]3[C@H](C2=O)[C@H]2C=C[C@H]3C2)cc1. The Bertz CT molecular complexity index is 971. The van der Waals surface area contributed by atoms with Gasteiger partial charge in [0.25, 0.3) is 5.91 Å². The minimum atomic E-state index is -0.822. The van der Waals surface area contributed by atoms with Crippen molar-refractivity contribution < 1.29 is 33.4 Å². The molecular weight excluding hydrogens is 428 g/mol. The van der Waals surface area contributed by atoms with Crippen molar-refractivity contribution in [1.29, 1.82) is 0 Å². The van der Waals surface area contributed by atoms with Gasteiger partial charge in [-0.2, -0.15) is 0 Å². The highest BCUT2D eigenvalue weighted by molar-refractivity contribution is 6.08. The highest BCUT2D eigenvalue weighted by atomic mass is 16.5. The van der Waals surface area contributed by atoms with Gasteiger partial charge in [0.1, 0.15) is 6.54 Å². The first-order valence-corrected chi connectivity index (χ1v) is 11.1. The summed E-state index contributed by atoms with van der Waals surface area (Å²) in [5, 5.41) is 2.56. The van der Waals surface area contributed by atoms with E-state index in [2.05, 4.69) is 5.32 Å². The highest BCUT2D eigenvalue weighted by Crippen LogP contribution is 2.52. The number of benzene rings is 1. The van der Waals surface area contributed by atoms with Crippen LogP contribution < -0.4 is 5.32 Å². The number of anilines is 1. The van der Waals surface area contributed by atoms with Gasteiger partial charge in [-0.05, 0) is 48.9 Å². The summed E-state index contributed by atoms with van der Waals surface area (Å²) < 4.78 is 10.1. The molecule has 1 saturated carbocycles. The first-order chi connectivity index (χ1) is 15.9. The molecular formula is C24H26N2O7. The van der Waals surface area contributed by atoms with Crippen LogP contribution in [-0.4, -0.2) is 54.3 Å². The molecule has 4 rings (SSSR count). The fraction of sp³-hybridized carbons (Fsp3) is 0.458. The summed E-state index contributed by atoms with van der Waals surface area (Å²) in [6.45, 7) is 1.30. The van der Waals surface area contributed by atoms with E-state index in [-0.39, 0.29) is 35.5 Å². The molecule has 1 aromatic rings. The summed E-state index contributed by atoms with van der Waals surface area (Å²) in [6.07, 6.45) is 6.48. The van der Waals surface area contributed by atoms with Crippen molar-refractivity contribution in [1.82, 2.24) is 4.90 Å². The number of nitrogens with one attached hydrogen (secondary N) is 1. The van der Waals surface area contributed by atoms with E-state index in [1.807, 2.05) is 19.1 Å². The largest absolute Gasteiger partial charge is 0.462 e. The first-order valence-electron chi connectivity index (χ1n) is 11.1. The zero-order valence-corrected chi connectivity index (χ0v) is 18.3. The number of likely N-dealkylation sites (tertiary alicyclic amines) is 1. The minimum absolute atomic E-state index is 0.0628. The second kappa shape index (κ2) is 9.56. The van der Waals surface area contributed by atoms with E-state index in [0.29, 0.717) is 17.9 Å². The van der Waals surface area contributed by atoms with Crippen LogP contribution in [0.25, 0.3) is 0 Å². The van der Waals surface area contributed by atoms with Crippen molar-refractivity contribution >= 4 is 35.3 Å². The number of unbranched alkanes of at least 4 members (excludes halogenated alkanes) is 1. The maximum absolute atomic E-state index is 12.6. The first kappa shape index (κ1) is 22.7. The van der Waals surface area contributed by atoms with Gasteiger partial charge in [-0.15, -0.1) is 0 Å². The van der Waals surface area contributed by atoms with E-state index >= 15 is 0 Å². The molecule has 33 heavy (non-hydrogen) atoms. The van der Waals surface area contributed by atoms with Crippen LogP contribution in [0.15, 0.2) is 36.4 Å². The Hall–Kier alpha value is -3.49. The molecule has 3 aliphatic rings. The van der Waals surface area contributed by atoms with Crippen LogP contribution in [0.1, 0.15) is 36.5 Å². The lowest BCUT2D eigenvalue weighted by molar-refractivity contribution is -0.154. The summed E-state index contributed by atoms with van der Waals surface area (Å²) in [5.74, 6) is -3.15. The number of ether oxygens (including phenoxy) is 2. The van der Waals surface area contributed by atoms with Gasteiger partial charge in [-0.25, -0.2) is 4.79 Å². The van der Waals surface area contributed by atoms with Gasteiger partial charge in [0.2, 0.25) is 11.8 Å². The lowest BCUT2D eigenvalue weighted by atomic mass is 9.85. The molecule has 2 bridgehead atoms. The number of hydrogen-bond acceptors (Lipinski definition) is 7. The molecule has 4 atom stereocenters. The molecule has 9 heteroatoms. The van der Waals surface area contributed by atoms with Gasteiger partial charge in [0.15, 0.2) is 6.61 Å². The summed E-state index contributed by atoms with van der Waals surface area (Å²) >= 11 is 0. The Labute approximate surface area is 191 Å². The van der Waals surface area contributed by atoms with Crippen molar-refractivity contribution in [2.75, 3.05) is 25.1 Å². The van der Waals surface area contributed by atoms with Crippen molar-refractivity contribution in [2.24, 2.45) is 23.7 Å². The predicted octanol–water partition coefficient (Wildman–Crippen LogP) is 1.93. The molecule has 9 nitrogen and oxygen atoms in total. The lowest BCUT2D eigenvalue weighted by Crippen LogP contribution is -2.38. The zero-order valence-electron chi connectivity index (χ0n) is 18.3. The number of imide groups is 1. The van der Waals surface area contributed by atoms with Crippen LogP contribution in [-0.2, 0) is 28.7 Å². The molecule has 1 aromatic carbocycles. The third-order valence-electron chi connectivity index (χ3n) is 6.35. The number of fused-ring (bicyclic) bond motifs is 5. The van der Waals surface area contributed by atoms with Gasteiger partial charge in [-0.1, -0.05) is 25.5 Å². The summed E-state index contributed by atoms with van der Waals surface area (Å²) in [4.78, 5) is 62.3. The minimum Gasteiger partial charge on any atom is -0.462 e. The number of esters is 2. The molecule has 0 spiro atoms. The number of amides is 3. The maximum Gasteiger partial charge on any atom is 0.338 e. The van der Waals surface area contributed by atoms with E-state index in [1.165, 1.54) is 12.1 Å². The summed E-state index contributed by atoms with van der Waals surface area (Å²) in [5.41, 5.74) is 0.783. The number of carbonyl (C=O) groups excluding carboxylic acids is 5. The van der Waals surface area contributed by atoms with Crippen LogP contribution in [0, 0.1) is 23.7 Å².